The van der Waals surface area contributed by atoms with Crippen molar-refractivity contribution in [1.82, 2.24) is 5.32 Å². The third-order valence-corrected chi connectivity index (χ3v) is 4.56. The number of benzene rings is 1. The van der Waals surface area contributed by atoms with E-state index in [0.717, 1.165) is 6.42 Å². The van der Waals surface area contributed by atoms with E-state index >= 15 is 0 Å². The Kier molecular flexibility index (Phi) is 6.04. The van der Waals surface area contributed by atoms with Crippen LogP contribution in [0.3, 0.4) is 0 Å². The van der Waals surface area contributed by atoms with Crippen LogP contribution in [0.25, 0.3) is 0 Å². The van der Waals surface area contributed by atoms with Crippen molar-refractivity contribution in [1.29, 1.82) is 0 Å². The van der Waals surface area contributed by atoms with Crippen LogP contribution in [0.1, 0.15) is 37.6 Å². The highest BCUT2D eigenvalue weighted by Gasteiger charge is 2.23. The fourth-order valence-electron chi connectivity index (χ4n) is 2.02. The second-order valence-electron chi connectivity index (χ2n) is 5.28. The summed E-state index contributed by atoms with van der Waals surface area (Å²) in [6.45, 7) is 5.91. The summed E-state index contributed by atoms with van der Waals surface area (Å²) in [7, 11) is -4.02. The van der Waals surface area contributed by atoms with Gasteiger partial charge in [0.05, 0.1) is 15.6 Å². The molecule has 1 unspecified atom stereocenters. The Labute approximate surface area is 134 Å². The number of halogens is 2. The first-order valence-electron chi connectivity index (χ1n) is 6.35. The number of primary sulfonamides is 1. The zero-order chi connectivity index (χ0) is 16.4. The van der Waals surface area contributed by atoms with E-state index in [1.807, 2.05) is 20.8 Å². The molecular formula is C13H18Cl2N2O3S. The van der Waals surface area contributed by atoms with Crippen molar-refractivity contribution < 1.29 is 13.2 Å². The zero-order valence-electron chi connectivity index (χ0n) is 12.0. The van der Waals surface area contributed by atoms with Crippen molar-refractivity contribution in [3.8, 4) is 0 Å². The molecule has 0 aromatic heterocycles. The second-order valence-corrected chi connectivity index (χ2v) is 7.60. The lowest BCUT2D eigenvalue weighted by Crippen LogP contribution is -2.34. The normalized spacial score (nSPS) is 13.3. The van der Waals surface area contributed by atoms with Gasteiger partial charge in [0, 0.05) is 6.04 Å². The third-order valence-electron chi connectivity index (χ3n) is 2.79. The van der Waals surface area contributed by atoms with Crippen LogP contribution in [-0.4, -0.2) is 20.4 Å². The standard InChI is InChI=1S/C13H18Cl2N2O3S/c1-7(2)6-8(3)17-13(18)11-9(14)4-5-10(12(11)15)21(16,19)20/h4-5,7-8H,6H2,1-3H3,(H,17,18)(H2,16,19,20). The molecule has 0 aliphatic heterocycles. The Bertz CT molecular complexity index is 645. The van der Waals surface area contributed by atoms with Gasteiger partial charge >= 0.3 is 0 Å². The lowest BCUT2D eigenvalue weighted by molar-refractivity contribution is 0.0936. The molecule has 3 N–H and O–H groups in total. The van der Waals surface area contributed by atoms with Gasteiger partial charge in [-0.3, -0.25) is 4.79 Å². The highest BCUT2D eigenvalue weighted by atomic mass is 35.5. The van der Waals surface area contributed by atoms with Gasteiger partial charge in [-0.15, -0.1) is 0 Å². The topological polar surface area (TPSA) is 89.3 Å². The van der Waals surface area contributed by atoms with Gasteiger partial charge in [0.15, 0.2) is 0 Å². The molecule has 1 rings (SSSR count). The Morgan fingerprint density at radius 3 is 2.33 bits per heavy atom. The summed E-state index contributed by atoms with van der Waals surface area (Å²) in [4.78, 5) is 11.9. The van der Waals surface area contributed by atoms with Crippen LogP contribution in [0, 0.1) is 5.92 Å². The van der Waals surface area contributed by atoms with Gasteiger partial charge in [-0.2, -0.15) is 0 Å². The van der Waals surface area contributed by atoms with Crippen LogP contribution in [0.4, 0.5) is 0 Å². The lowest BCUT2D eigenvalue weighted by atomic mass is 10.0. The SMILES string of the molecule is CC(C)CC(C)NC(=O)c1c(Cl)ccc(S(N)(=O)=O)c1Cl. The third kappa shape index (κ3) is 4.85. The number of carbonyl (C=O) groups excluding carboxylic acids is 1. The first-order valence-corrected chi connectivity index (χ1v) is 8.66. The van der Waals surface area contributed by atoms with Crippen LogP contribution >= 0.6 is 23.2 Å². The smallest absolute Gasteiger partial charge is 0.254 e. The second kappa shape index (κ2) is 6.96. The first kappa shape index (κ1) is 18.2. The number of hydrogen-bond acceptors (Lipinski definition) is 3. The molecule has 1 aromatic rings. The number of carbonyl (C=O) groups is 1. The minimum atomic E-state index is -4.02. The van der Waals surface area contributed by atoms with Crippen molar-refractivity contribution in [2.75, 3.05) is 0 Å². The molecule has 1 aromatic carbocycles. The predicted octanol–water partition coefficient (Wildman–Crippen LogP) is 2.81. The number of amides is 1. The molecule has 5 nitrogen and oxygen atoms in total. The molecule has 0 heterocycles. The van der Waals surface area contributed by atoms with Gasteiger partial charge in [-0.25, -0.2) is 13.6 Å². The molecule has 0 aliphatic carbocycles. The summed E-state index contributed by atoms with van der Waals surface area (Å²) in [5, 5.41) is 7.61. The van der Waals surface area contributed by atoms with Gasteiger partial charge < -0.3 is 5.32 Å². The maximum Gasteiger partial charge on any atom is 0.254 e. The highest BCUT2D eigenvalue weighted by Crippen LogP contribution is 2.30. The van der Waals surface area contributed by atoms with E-state index in [4.69, 9.17) is 28.3 Å². The molecule has 1 amide bonds. The van der Waals surface area contributed by atoms with Crippen molar-refractivity contribution in [3.05, 3.63) is 27.7 Å². The molecule has 0 bridgehead atoms. The highest BCUT2D eigenvalue weighted by molar-refractivity contribution is 7.89. The summed E-state index contributed by atoms with van der Waals surface area (Å²) < 4.78 is 22.9. The quantitative estimate of drug-likeness (QED) is 0.853. The average Bonchev–Trinajstić information content (AvgIpc) is 2.25. The Balaban J connectivity index is 3.16. The summed E-state index contributed by atoms with van der Waals surface area (Å²) >= 11 is 11.9. The van der Waals surface area contributed by atoms with E-state index in [1.54, 1.807) is 0 Å². The Morgan fingerprint density at radius 2 is 1.86 bits per heavy atom. The molecule has 0 spiro atoms. The summed E-state index contributed by atoms with van der Waals surface area (Å²) in [6, 6.07) is 2.37. The van der Waals surface area contributed by atoms with Crippen molar-refractivity contribution in [2.45, 2.75) is 38.1 Å². The summed E-state index contributed by atoms with van der Waals surface area (Å²) in [5.41, 5.74) is -0.0829. The van der Waals surface area contributed by atoms with Crippen molar-refractivity contribution in [2.24, 2.45) is 11.1 Å². The monoisotopic (exact) mass is 352 g/mol. The van der Waals surface area contributed by atoms with E-state index < -0.39 is 15.9 Å². The van der Waals surface area contributed by atoms with Crippen LogP contribution < -0.4 is 10.5 Å². The predicted molar refractivity (Wildman–Crippen MR) is 84.2 cm³/mol. The maximum atomic E-state index is 12.2. The maximum absolute atomic E-state index is 12.2. The molecule has 21 heavy (non-hydrogen) atoms. The fourth-order valence-corrected chi connectivity index (χ4v) is 3.50. The molecule has 8 heteroatoms. The van der Waals surface area contributed by atoms with Gasteiger partial charge in [0.25, 0.3) is 5.91 Å². The molecule has 0 saturated carbocycles. The van der Waals surface area contributed by atoms with E-state index in [0.29, 0.717) is 5.92 Å². The van der Waals surface area contributed by atoms with E-state index in [2.05, 4.69) is 5.32 Å². The fraction of sp³-hybridized carbons (Fsp3) is 0.462. The van der Waals surface area contributed by atoms with Gasteiger partial charge in [-0.05, 0) is 31.4 Å². The minimum Gasteiger partial charge on any atom is -0.349 e. The van der Waals surface area contributed by atoms with Crippen LogP contribution in [-0.2, 0) is 10.0 Å². The van der Waals surface area contributed by atoms with Gasteiger partial charge in [0.2, 0.25) is 10.0 Å². The molecule has 0 saturated heterocycles. The summed E-state index contributed by atoms with van der Waals surface area (Å²) in [5.74, 6) is -0.120. The van der Waals surface area contributed by atoms with E-state index in [-0.39, 0.29) is 26.5 Å². The average molecular weight is 353 g/mol. The first-order chi connectivity index (χ1) is 9.54. The van der Waals surface area contributed by atoms with Crippen molar-refractivity contribution in [3.63, 3.8) is 0 Å². The Hall–Kier alpha value is -0.820. The Morgan fingerprint density at radius 1 is 1.29 bits per heavy atom. The molecule has 1 atom stereocenters. The van der Waals surface area contributed by atoms with Crippen LogP contribution in [0.15, 0.2) is 17.0 Å². The largest absolute Gasteiger partial charge is 0.349 e. The molecule has 0 fully saturated rings. The number of sulfonamides is 1. The number of nitrogens with one attached hydrogen (secondary N) is 1. The minimum absolute atomic E-state index is 0.0710. The van der Waals surface area contributed by atoms with Crippen molar-refractivity contribution >= 4 is 39.1 Å². The number of nitrogens with two attached hydrogens (primary N) is 1. The van der Waals surface area contributed by atoms with Crippen LogP contribution in [0.5, 0.6) is 0 Å². The summed E-state index contributed by atoms with van der Waals surface area (Å²) in [6.07, 6.45) is 0.774. The lowest BCUT2D eigenvalue weighted by Gasteiger charge is -2.17. The zero-order valence-corrected chi connectivity index (χ0v) is 14.3. The molecular weight excluding hydrogens is 335 g/mol. The molecule has 0 radical (unpaired) electrons. The number of hydrogen-bond donors (Lipinski definition) is 2. The van der Waals surface area contributed by atoms with Crippen LogP contribution in [0.2, 0.25) is 10.0 Å². The molecule has 0 aliphatic rings. The van der Waals surface area contributed by atoms with Gasteiger partial charge in [-0.1, -0.05) is 37.0 Å². The van der Waals surface area contributed by atoms with E-state index in [9.17, 15) is 13.2 Å². The molecule has 118 valence electrons. The number of rotatable bonds is 5. The van der Waals surface area contributed by atoms with E-state index in [1.165, 1.54) is 12.1 Å². The van der Waals surface area contributed by atoms with Gasteiger partial charge in [0.1, 0.15) is 4.90 Å².